The van der Waals surface area contributed by atoms with E-state index in [9.17, 15) is 9.59 Å². The van der Waals surface area contributed by atoms with Gasteiger partial charge in [-0.1, -0.05) is 13.8 Å². The highest BCUT2D eigenvalue weighted by Gasteiger charge is 2.41. The number of aliphatic hydroxyl groups excluding tert-OH is 1. The SMILES string of the molecule is CCC1C(=N)C(=CO)C(=O)C(CC)C1=O. The Bertz CT molecular complexity index is 316. The zero-order valence-corrected chi connectivity index (χ0v) is 8.91. The average Bonchev–Trinajstić information content (AvgIpc) is 2.19. The van der Waals surface area contributed by atoms with Crippen molar-refractivity contribution in [2.24, 2.45) is 11.8 Å². The van der Waals surface area contributed by atoms with Gasteiger partial charge in [0.2, 0.25) is 0 Å². The molecule has 2 atom stereocenters. The fraction of sp³-hybridized carbons (Fsp3) is 0.545. The summed E-state index contributed by atoms with van der Waals surface area (Å²) in [5.74, 6) is -1.81. The van der Waals surface area contributed by atoms with Gasteiger partial charge in [-0.3, -0.25) is 9.59 Å². The van der Waals surface area contributed by atoms with Crippen LogP contribution in [0.3, 0.4) is 0 Å². The molecule has 0 amide bonds. The van der Waals surface area contributed by atoms with Crippen LogP contribution in [0.2, 0.25) is 0 Å². The van der Waals surface area contributed by atoms with Gasteiger partial charge in [0, 0.05) is 0 Å². The average molecular weight is 209 g/mol. The van der Waals surface area contributed by atoms with E-state index in [1.807, 2.05) is 0 Å². The molecule has 4 nitrogen and oxygen atoms in total. The van der Waals surface area contributed by atoms with Gasteiger partial charge in [0.25, 0.3) is 0 Å². The summed E-state index contributed by atoms with van der Waals surface area (Å²) in [5.41, 5.74) is -0.0481. The van der Waals surface area contributed by atoms with Crippen LogP contribution >= 0.6 is 0 Å². The van der Waals surface area contributed by atoms with Crippen LogP contribution in [0, 0.1) is 17.2 Å². The molecule has 0 saturated heterocycles. The zero-order valence-electron chi connectivity index (χ0n) is 8.91. The van der Waals surface area contributed by atoms with E-state index in [4.69, 9.17) is 10.5 Å². The van der Waals surface area contributed by atoms with E-state index in [0.29, 0.717) is 19.1 Å². The fourth-order valence-electron chi connectivity index (χ4n) is 1.95. The Morgan fingerprint density at radius 1 is 1.27 bits per heavy atom. The molecule has 0 aromatic carbocycles. The van der Waals surface area contributed by atoms with E-state index in [1.54, 1.807) is 13.8 Å². The summed E-state index contributed by atoms with van der Waals surface area (Å²) in [6.07, 6.45) is 1.58. The highest BCUT2D eigenvalue weighted by molar-refractivity contribution is 6.35. The van der Waals surface area contributed by atoms with Crippen molar-refractivity contribution >= 4 is 17.3 Å². The number of nitrogens with one attached hydrogen (secondary N) is 1. The zero-order chi connectivity index (χ0) is 11.6. The van der Waals surface area contributed by atoms with Crippen molar-refractivity contribution in [1.29, 1.82) is 5.41 Å². The fourth-order valence-corrected chi connectivity index (χ4v) is 1.95. The first kappa shape index (κ1) is 11.6. The molecule has 0 aromatic heterocycles. The number of hydrogen-bond acceptors (Lipinski definition) is 4. The third kappa shape index (κ3) is 1.71. The quantitative estimate of drug-likeness (QED) is 0.412. The Labute approximate surface area is 88.5 Å². The molecule has 1 rings (SSSR count). The lowest BCUT2D eigenvalue weighted by Crippen LogP contribution is -2.42. The lowest BCUT2D eigenvalue weighted by atomic mass is 9.73. The van der Waals surface area contributed by atoms with Crippen molar-refractivity contribution < 1.29 is 14.7 Å². The molecule has 2 N–H and O–H groups in total. The number of carbonyl (C=O) groups excluding carboxylic acids is 2. The van der Waals surface area contributed by atoms with E-state index in [2.05, 4.69) is 0 Å². The van der Waals surface area contributed by atoms with Gasteiger partial charge in [0.1, 0.15) is 0 Å². The van der Waals surface area contributed by atoms with E-state index in [0.717, 1.165) is 0 Å². The predicted molar refractivity (Wildman–Crippen MR) is 56.0 cm³/mol. The summed E-state index contributed by atoms with van der Waals surface area (Å²) in [7, 11) is 0. The van der Waals surface area contributed by atoms with Crippen molar-refractivity contribution in [1.82, 2.24) is 0 Å². The minimum absolute atomic E-state index is 0.00620. The number of aliphatic hydroxyl groups is 1. The van der Waals surface area contributed by atoms with E-state index in [1.165, 1.54) is 0 Å². The van der Waals surface area contributed by atoms with Crippen molar-refractivity contribution in [3.05, 3.63) is 11.8 Å². The van der Waals surface area contributed by atoms with Gasteiger partial charge in [0.15, 0.2) is 11.6 Å². The number of Topliss-reactive ketones (excluding diaryl/α,β-unsaturated/α-hetero) is 2. The van der Waals surface area contributed by atoms with Gasteiger partial charge >= 0.3 is 0 Å². The molecular weight excluding hydrogens is 194 g/mol. The number of allylic oxidation sites excluding steroid dienone is 1. The van der Waals surface area contributed by atoms with Crippen molar-refractivity contribution in [3.8, 4) is 0 Å². The second-order valence-electron chi connectivity index (χ2n) is 3.64. The molecule has 4 heteroatoms. The summed E-state index contributed by atoms with van der Waals surface area (Å²) < 4.78 is 0. The Morgan fingerprint density at radius 3 is 2.20 bits per heavy atom. The highest BCUT2D eigenvalue weighted by atomic mass is 16.2. The minimum Gasteiger partial charge on any atom is -0.515 e. The van der Waals surface area contributed by atoms with Crippen LogP contribution in [-0.2, 0) is 9.59 Å². The van der Waals surface area contributed by atoms with Crippen LogP contribution in [0.15, 0.2) is 11.8 Å². The minimum atomic E-state index is -0.678. The van der Waals surface area contributed by atoms with E-state index < -0.39 is 17.6 Å². The lowest BCUT2D eigenvalue weighted by molar-refractivity contribution is -0.133. The Hall–Kier alpha value is -1.45. The highest BCUT2D eigenvalue weighted by Crippen LogP contribution is 2.28. The second-order valence-corrected chi connectivity index (χ2v) is 3.64. The maximum atomic E-state index is 11.8. The molecule has 0 bridgehead atoms. The largest absolute Gasteiger partial charge is 0.515 e. The van der Waals surface area contributed by atoms with Crippen LogP contribution in [0.1, 0.15) is 26.7 Å². The third-order valence-corrected chi connectivity index (χ3v) is 2.85. The third-order valence-electron chi connectivity index (χ3n) is 2.85. The Kier molecular flexibility index (Phi) is 3.39. The van der Waals surface area contributed by atoms with Crippen LogP contribution < -0.4 is 0 Å². The molecule has 0 aliphatic heterocycles. The van der Waals surface area contributed by atoms with Gasteiger partial charge in [-0.15, -0.1) is 0 Å². The summed E-state index contributed by atoms with van der Waals surface area (Å²) in [6.45, 7) is 3.56. The smallest absolute Gasteiger partial charge is 0.178 e. The predicted octanol–water partition coefficient (Wildman–Crippen LogP) is 1.65. The summed E-state index contributed by atoms with van der Waals surface area (Å²) in [5, 5.41) is 16.6. The maximum Gasteiger partial charge on any atom is 0.178 e. The number of hydrogen-bond donors (Lipinski definition) is 2. The molecule has 0 radical (unpaired) electrons. The molecule has 0 spiro atoms. The summed E-state index contributed by atoms with van der Waals surface area (Å²) in [4.78, 5) is 23.5. The normalized spacial score (nSPS) is 30.0. The number of ketones is 2. The molecule has 2 unspecified atom stereocenters. The topological polar surface area (TPSA) is 78.2 Å². The van der Waals surface area contributed by atoms with Crippen LogP contribution in [0.25, 0.3) is 0 Å². The summed E-state index contributed by atoms with van der Waals surface area (Å²) in [6, 6.07) is 0. The standard InChI is InChI=1S/C11H15NO3/c1-3-6-9(12)8(5-13)11(15)7(4-2)10(6)14/h5-7,12-13H,3-4H2,1-2H3. The molecule has 0 aromatic rings. The van der Waals surface area contributed by atoms with Crippen molar-refractivity contribution in [3.63, 3.8) is 0 Å². The van der Waals surface area contributed by atoms with Crippen molar-refractivity contribution in [2.75, 3.05) is 0 Å². The molecule has 0 heterocycles. The molecular formula is C11H15NO3. The van der Waals surface area contributed by atoms with E-state index >= 15 is 0 Å². The molecule has 1 saturated carbocycles. The first-order chi connectivity index (χ1) is 7.08. The van der Waals surface area contributed by atoms with Gasteiger partial charge in [-0.2, -0.15) is 0 Å². The molecule has 15 heavy (non-hydrogen) atoms. The maximum absolute atomic E-state index is 11.8. The van der Waals surface area contributed by atoms with Crippen molar-refractivity contribution in [2.45, 2.75) is 26.7 Å². The monoisotopic (exact) mass is 209 g/mol. The first-order valence-corrected chi connectivity index (χ1v) is 5.09. The Balaban J connectivity index is 3.15. The number of carbonyl (C=O) groups is 2. The van der Waals surface area contributed by atoms with E-state index in [-0.39, 0.29) is 17.1 Å². The Morgan fingerprint density at radius 2 is 1.80 bits per heavy atom. The molecule has 1 aliphatic rings. The van der Waals surface area contributed by atoms with Crippen LogP contribution in [0.5, 0.6) is 0 Å². The molecule has 82 valence electrons. The van der Waals surface area contributed by atoms with Gasteiger partial charge in [-0.25, -0.2) is 0 Å². The van der Waals surface area contributed by atoms with Crippen LogP contribution in [-0.4, -0.2) is 22.4 Å². The van der Waals surface area contributed by atoms with Gasteiger partial charge in [0.05, 0.1) is 29.4 Å². The van der Waals surface area contributed by atoms with Gasteiger partial charge in [-0.05, 0) is 12.8 Å². The molecule has 1 aliphatic carbocycles. The van der Waals surface area contributed by atoms with Crippen LogP contribution in [0.4, 0.5) is 0 Å². The van der Waals surface area contributed by atoms with Gasteiger partial charge < -0.3 is 10.5 Å². The first-order valence-electron chi connectivity index (χ1n) is 5.09. The number of rotatable bonds is 2. The second kappa shape index (κ2) is 4.38. The summed E-state index contributed by atoms with van der Waals surface area (Å²) >= 11 is 0. The lowest BCUT2D eigenvalue weighted by Gasteiger charge is -2.27. The molecule has 1 fully saturated rings.